The zero-order valence-corrected chi connectivity index (χ0v) is 17.2. The fraction of sp³-hybridized carbons (Fsp3) is 0.0870. The number of aliphatic hydroxyl groups is 1. The third-order valence-electron chi connectivity index (χ3n) is 4.90. The van der Waals surface area contributed by atoms with Crippen molar-refractivity contribution in [2.45, 2.75) is 12.6 Å². The molecule has 1 aliphatic heterocycles. The molecule has 1 N–H and O–H groups in total. The molecule has 0 saturated carbocycles. The zero-order valence-electron chi connectivity index (χ0n) is 15.6. The van der Waals surface area contributed by atoms with Crippen molar-refractivity contribution in [3.8, 4) is 0 Å². The molecule has 7 heteroatoms. The Morgan fingerprint density at radius 2 is 1.87 bits per heavy atom. The van der Waals surface area contributed by atoms with Crippen molar-refractivity contribution in [3.63, 3.8) is 0 Å². The molecule has 2 heterocycles. The van der Waals surface area contributed by atoms with Crippen LogP contribution in [-0.4, -0.2) is 26.7 Å². The number of nitrogens with zero attached hydrogens (tertiary/aromatic N) is 2. The van der Waals surface area contributed by atoms with Crippen LogP contribution in [0.4, 0.5) is 4.39 Å². The van der Waals surface area contributed by atoms with E-state index in [4.69, 9.17) is 0 Å². The van der Waals surface area contributed by atoms with Gasteiger partial charge in [-0.05, 0) is 53.6 Å². The third-order valence-corrected chi connectivity index (χ3v) is 5.39. The van der Waals surface area contributed by atoms with Crippen molar-refractivity contribution in [1.82, 2.24) is 9.88 Å². The molecule has 1 atom stereocenters. The van der Waals surface area contributed by atoms with Crippen LogP contribution in [0.15, 0.2) is 83.1 Å². The average molecular weight is 467 g/mol. The second-order valence-corrected chi connectivity index (χ2v) is 7.77. The Morgan fingerprint density at radius 1 is 1.10 bits per heavy atom. The Hall–Kier alpha value is -3.32. The lowest BCUT2D eigenvalue weighted by Crippen LogP contribution is -2.29. The summed E-state index contributed by atoms with van der Waals surface area (Å²) in [5.41, 5.74) is 1.64. The Kier molecular flexibility index (Phi) is 5.46. The van der Waals surface area contributed by atoms with Crippen LogP contribution in [0.25, 0.3) is 5.76 Å². The van der Waals surface area contributed by atoms with Crippen molar-refractivity contribution < 1.29 is 19.1 Å². The van der Waals surface area contributed by atoms with Crippen molar-refractivity contribution >= 4 is 33.4 Å². The maximum absolute atomic E-state index is 13.3. The van der Waals surface area contributed by atoms with E-state index in [-0.39, 0.29) is 23.4 Å². The van der Waals surface area contributed by atoms with Gasteiger partial charge in [-0.15, -0.1) is 0 Å². The average Bonchev–Trinajstić information content (AvgIpc) is 2.99. The fourth-order valence-corrected chi connectivity index (χ4v) is 3.93. The molecule has 1 saturated heterocycles. The first kappa shape index (κ1) is 20.0. The van der Waals surface area contributed by atoms with Gasteiger partial charge in [-0.2, -0.15) is 0 Å². The Labute approximate surface area is 180 Å². The number of benzene rings is 2. The maximum atomic E-state index is 13.3. The monoisotopic (exact) mass is 466 g/mol. The highest BCUT2D eigenvalue weighted by atomic mass is 79.9. The minimum Gasteiger partial charge on any atom is -0.507 e. The molecule has 5 nitrogen and oxygen atoms in total. The smallest absolute Gasteiger partial charge is 0.295 e. The van der Waals surface area contributed by atoms with Crippen LogP contribution in [0.3, 0.4) is 0 Å². The SMILES string of the molecule is O=C1C(=O)N(Cc2cccnc2)[C@H](c2cccc(Br)c2)/C1=C(\O)c1ccc(F)cc1. The number of carbonyl (C=O) groups excluding carboxylic acids is 2. The molecule has 1 fully saturated rings. The summed E-state index contributed by atoms with van der Waals surface area (Å²) in [5.74, 6) is -2.31. The molecular formula is C23H16BrFN2O3. The van der Waals surface area contributed by atoms with Gasteiger partial charge in [0, 0.05) is 29.0 Å². The highest BCUT2D eigenvalue weighted by Crippen LogP contribution is 2.40. The van der Waals surface area contributed by atoms with Gasteiger partial charge in [-0.3, -0.25) is 14.6 Å². The fourth-order valence-electron chi connectivity index (χ4n) is 3.52. The minimum atomic E-state index is -0.798. The minimum absolute atomic E-state index is 0.0337. The van der Waals surface area contributed by atoms with Crippen LogP contribution in [0.1, 0.15) is 22.7 Å². The number of ketones is 1. The molecule has 0 unspecified atom stereocenters. The second-order valence-electron chi connectivity index (χ2n) is 6.85. The van der Waals surface area contributed by atoms with E-state index < -0.39 is 23.5 Å². The molecule has 0 bridgehead atoms. The van der Waals surface area contributed by atoms with Gasteiger partial charge >= 0.3 is 0 Å². The molecule has 1 amide bonds. The number of aliphatic hydroxyl groups excluding tert-OH is 1. The molecule has 4 rings (SSSR count). The quantitative estimate of drug-likeness (QED) is 0.346. The van der Waals surface area contributed by atoms with Gasteiger partial charge in [0.05, 0.1) is 11.6 Å². The molecule has 1 aromatic heterocycles. The summed E-state index contributed by atoms with van der Waals surface area (Å²) in [6, 6.07) is 15.1. The highest BCUT2D eigenvalue weighted by Gasteiger charge is 2.46. The number of halogens is 2. The normalized spacial score (nSPS) is 18.1. The van der Waals surface area contributed by atoms with Crippen LogP contribution >= 0.6 is 15.9 Å². The van der Waals surface area contributed by atoms with Crippen molar-refractivity contribution in [2.75, 3.05) is 0 Å². The van der Waals surface area contributed by atoms with Gasteiger partial charge in [-0.25, -0.2) is 4.39 Å². The predicted octanol–water partition coefficient (Wildman–Crippen LogP) is 4.61. The summed E-state index contributed by atoms with van der Waals surface area (Å²) in [6.07, 6.45) is 3.25. The third kappa shape index (κ3) is 3.76. The van der Waals surface area contributed by atoms with E-state index in [1.54, 1.807) is 36.7 Å². The number of rotatable bonds is 4. The summed E-state index contributed by atoms with van der Waals surface area (Å²) in [6.45, 7) is 0.149. The standard InChI is InChI=1S/C23H16BrFN2O3/c24-17-5-1-4-16(11-17)20-19(21(28)15-6-8-18(25)9-7-15)22(29)23(30)27(20)13-14-3-2-10-26-12-14/h1-12,20,28H,13H2/b21-19+/t20-/m1/s1. The molecule has 30 heavy (non-hydrogen) atoms. The Morgan fingerprint density at radius 3 is 2.53 bits per heavy atom. The zero-order chi connectivity index (χ0) is 21.3. The van der Waals surface area contributed by atoms with Crippen molar-refractivity contribution in [2.24, 2.45) is 0 Å². The van der Waals surface area contributed by atoms with E-state index >= 15 is 0 Å². The summed E-state index contributed by atoms with van der Waals surface area (Å²) in [7, 11) is 0. The summed E-state index contributed by atoms with van der Waals surface area (Å²) in [5, 5.41) is 10.9. The van der Waals surface area contributed by atoms with Crippen LogP contribution < -0.4 is 0 Å². The van der Waals surface area contributed by atoms with Crippen molar-refractivity contribution in [1.29, 1.82) is 0 Å². The van der Waals surface area contributed by atoms with Gasteiger partial charge in [0.1, 0.15) is 11.6 Å². The number of likely N-dealkylation sites (tertiary alicyclic amines) is 1. The van der Waals surface area contributed by atoms with E-state index in [1.807, 2.05) is 12.1 Å². The van der Waals surface area contributed by atoms with E-state index in [2.05, 4.69) is 20.9 Å². The number of Topliss-reactive ketones (excluding diaryl/α,β-unsaturated/α-hetero) is 1. The maximum Gasteiger partial charge on any atom is 0.295 e. The first-order valence-corrected chi connectivity index (χ1v) is 9.93. The van der Waals surface area contributed by atoms with E-state index in [1.165, 1.54) is 29.2 Å². The van der Waals surface area contributed by atoms with Crippen LogP contribution in [-0.2, 0) is 16.1 Å². The second kappa shape index (κ2) is 8.20. The molecule has 150 valence electrons. The van der Waals surface area contributed by atoms with Gasteiger partial charge in [0.15, 0.2) is 0 Å². The number of hydrogen-bond acceptors (Lipinski definition) is 4. The van der Waals surface area contributed by atoms with Crippen LogP contribution in [0.5, 0.6) is 0 Å². The van der Waals surface area contributed by atoms with Crippen molar-refractivity contribution in [3.05, 3.63) is 106 Å². The van der Waals surface area contributed by atoms with Gasteiger partial charge in [-0.1, -0.05) is 34.1 Å². The van der Waals surface area contributed by atoms with Crippen LogP contribution in [0, 0.1) is 5.82 Å². The first-order chi connectivity index (χ1) is 14.5. The largest absolute Gasteiger partial charge is 0.507 e. The summed E-state index contributed by atoms with van der Waals surface area (Å²) in [4.78, 5) is 31.3. The predicted molar refractivity (Wildman–Crippen MR) is 113 cm³/mol. The van der Waals surface area contributed by atoms with Crippen LogP contribution in [0.2, 0.25) is 0 Å². The van der Waals surface area contributed by atoms with E-state index in [0.717, 1.165) is 10.0 Å². The first-order valence-electron chi connectivity index (χ1n) is 9.14. The Bertz CT molecular complexity index is 1150. The van der Waals surface area contributed by atoms with E-state index in [9.17, 15) is 19.1 Å². The van der Waals surface area contributed by atoms with Gasteiger partial charge < -0.3 is 10.0 Å². The highest BCUT2D eigenvalue weighted by molar-refractivity contribution is 9.10. The number of amides is 1. The number of pyridine rings is 1. The molecule has 3 aromatic rings. The molecule has 1 aliphatic rings. The number of carbonyl (C=O) groups is 2. The lowest BCUT2D eigenvalue weighted by atomic mass is 9.95. The summed E-state index contributed by atoms with van der Waals surface area (Å²) >= 11 is 3.42. The topological polar surface area (TPSA) is 70.5 Å². The molecule has 0 spiro atoms. The van der Waals surface area contributed by atoms with E-state index in [0.29, 0.717) is 5.56 Å². The molecule has 0 radical (unpaired) electrons. The molecule has 0 aliphatic carbocycles. The summed E-state index contributed by atoms with van der Waals surface area (Å²) < 4.78 is 14.1. The lowest BCUT2D eigenvalue weighted by molar-refractivity contribution is -0.140. The lowest BCUT2D eigenvalue weighted by Gasteiger charge is -2.25. The number of hydrogen-bond donors (Lipinski definition) is 1. The molecule has 2 aromatic carbocycles. The Balaban J connectivity index is 1.87. The van der Waals surface area contributed by atoms with Gasteiger partial charge in [0.2, 0.25) is 0 Å². The number of aromatic nitrogens is 1. The molecular weight excluding hydrogens is 451 g/mol. The van der Waals surface area contributed by atoms with Gasteiger partial charge in [0.25, 0.3) is 11.7 Å².